The van der Waals surface area contributed by atoms with Gasteiger partial charge in [0.15, 0.2) is 0 Å². The van der Waals surface area contributed by atoms with Gasteiger partial charge in [0, 0.05) is 24.7 Å². The van der Waals surface area contributed by atoms with E-state index in [-0.39, 0.29) is 11.6 Å². The minimum Gasteiger partial charge on any atom is -0.379 e. The molecule has 21 heavy (non-hydrogen) atoms. The Morgan fingerprint density at radius 1 is 1.19 bits per heavy atom. The maximum Gasteiger partial charge on any atom is 0.0594 e. The van der Waals surface area contributed by atoms with Crippen LogP contribution in [0.2, 0.25) is 0 Å². The van der Waals surface area contributed by atoms with Crippen molar-refractivity contribution in [3.8, 4) is 0 Å². The highest BCUT2D eigenvalue weighted by atomic mass is 16.5. The molecule has 0 aliphatic carbocycles. The summed E-state index contributed by atoms with van der Waals surface area (Å²) in [5.74, 6) is 0. The van der Waals surface area contributed by atoms with Crippen molar-refractivity contribution in [3.63, 3.8) is 0 Å². The number of hydrogen-bond donors (Lipinski definition) is 1. The minimum atomic E-state index is 0.0431. The molecule has 0 radical (unpaired) electrons. The third-order valence-corrected chi connectivity index (χ3v) is 4.99. The highest BCUT2D eigenvalue weighted by Gasteiger charge is 2.36. The molecule has 1 saturated heterocycles. The standard InChI is InChI=1S/C18H30N2O/c1-5-18(4,20-6-8-21-9-7-20)17(19)13-16-11-14(2)10-15(3)12-16/h10-12,17H,5-9,13,19H2,1-4H3. The normalized spacial score (nSPS) is 21.0. The molecule has 2 N–H and O–H groups in total. The van der Waals surface area contributed by atoms with Gasteiger partial charge in [0.2, 0.25) is 0 Å². The van der Waals surface area contributed by atoms with Crippen LogP contribution >= 0.6 is 0 Å². The van der Waals surface area contributed by atoms with Gasteiger partial charge in [-0.3, -0.25) is 4.90 Å². The summed E-state index contributed by atoms with van der Waals surface area (Å²) in [4.78, 5) is 2.52. The maximum absolute atomic E-state index is 6.64. The van der Waals surface area contributed by atoms with E-state index in [2.05, 4.69) is 50.8 Å². The SMILES string of the molecule is CCC(C)(C(N)Cc1cc(C)cc(C)c1)N1CCOCC1. The summed E-state index contributed by atoms with van der Waals surface area (Å²) in [6.45, 7) is 12.5. The van der Waals surface area contributed by atoms with Gasteiger partial charge >= 0.3 is 0 Å². The summed E-state index contributed by atoms with van der Waals surface area (Å²) in [6, 6.07) is 6.89. The highest BCUT2D eigenvalue weighted by molar-refractivity contribution is 5.29. The Morgan fingerprint density at radius 2 is 1.76 bits per heavy atom. The summed E-state index contributed by atoms with van der Waals surface area (Å²) in [6.07, 6.45) is 2.00. The zero-order valence-corrected chi connectivity index (χ0v) is 14.0. The van der Waals surface area contributed by atoms with E-state index in [0.717, 1.165) is 39.1 Å². The van der Waals surface area contributed by atoms with Crippen LogP contribution in [0.4, 0.5) is 0 Å². The predicted octanol–water partition coefficient (Wildman–Crippen LogP) is 2.67. The number of nitrogens with zero attached hydrogens (tertiary/aromatic N) is 1. The molecule has 0 amide bonds. The zero-order chi connectivity index (χ0) is 15.5. The van der Waals surface area contributed by atoms with Gasteiger partial charge in [0.25, 0.3) is 0 Å². The molecule has 0 saturated carbocycles. The average Bonchev–Trinajstić information content (AvgIpc) is 2.46. The lowest BCUT2D eigenvalue weighted by Crippen LogP contribution is -2.61. The van der Waals surface area contributed by atoms with Crippen LogP contribution in [0.1, 0.15) is 37.0 Å². The van der Waals surface area contributed by atoms with Gasteiger partial charge in [-0.2, -0.15) is 0 Å². The summed E-state index contributed by atoms with van der Waals surface area (Å²) < 4.78 is 5.49. The Balaban J connectivity index is 2.13. The Labute approximate surface area is 129 Å². The molecule has 0 bridgehead atoms. The molecule has 0 aromatic heterocycles. The van der Waals surface area contributed by atoms with Crippen LogP contribution in [0.5, 0.6) is 0 Å². The van der Waals surface area contributed by atoms with Crippen LogP contribution in [0.25, 0.3) is 0 Å². The third kappa shape index (κ3) is 3.85. The van der Waals surface area contributed by atoms with E-state index in [1.165, 1.54) is 16.7 Å². The van der Waals surface area contributed by atoms with Gasteiger partial charge in [0.1, 0.15) is 0 Å². The molecule has 2 unspecified atom stereocenters. The Hall–Kier alpha value is -0.900. The van der Waals surface area contributed by atoms with E-state index >= 15 is 0 Å². The molecule has 0 spiro atoms. The molecule has 118 valence electrons. The number of nitrogens with two attached hydrogens (primary N) is 1. The van der Waals surface area contributed by atoms with E-state index in [0.29, 0.717) is 0 Å². The molecule has 1 aromatic rings. The Kier molecular flexibility index (Phi) is 5.42. The lowest BCUT2D eigenvalue weighted by atomic mass is 9.83. The monoisotopic (exact) mass is 290 g/mol. The first-order valence-electron chi connectivity index (χ1n) is 8.11. The second-order valence-electron chi connectivity index (χ2n) is 6.62. The van der Waals surface area contributed by atoms with E-state index in [1.54, 1.807) is 0 Å². The molecule has 1 aliphatic rings. The molecule has 3 heteroatoms. The summed E-state index contributed by atoms with van der Waals surface area (Å²) in [5, 5.41) is 0. The molecule has 1 heterocycles. The van der Waals surface area contributed by atoms with Crippen LogP contribution < -0.4 is 5.73 Å². The van der Waals surface area contributed by atoms with Crippen molar-refractivity contribution >= 4 is 0 Å². The third-order valence-electron chi connectivity index (χ3n) is 4.99. The van der Waals surface area contributed by atoms with Crippen LogP contribution in [-0.4, -0.2) is 42.8 Å². The fourth-order valence-electron chi connectivity index (χ4n) is 3.46. The molecule has 1 aliphatic heterocycles. The Morgan fingerprint density at radius 3 is 2.29 bits per heavy atom. The van der Waals surface area contributed by atoms with Crippen LogP contribution in [-0.2, 0) is 11.2 Å². The first-order chi connectivity index (χ1) is 9.95. The van der Waals surface area contributed by atoms with Crippen molar-refractivity contribution in [3.05, 3.63) is 34.9 Å². The van der Waals surface area contributed by atoms with Crippen molar-refractivity contribution in [1.82, 2.24) is 4.90 Å². The smallest absolute Gasteiger partial charge is 0.0594 e. The van der Waals surface area contributed by atoms with Gasteiger partial charge in [-0.25, -0.2) is 0 Å². The summed E-state index contributed by atoms with van der Waals surface area (Å²) in [7, 11) is 0. The van der Waals surface area contributed by atoms with E-state index < -0.39 is 0 Å². The van der Waals surface area contributed by atoms with E-state index in [1.807, 2.05) is 0 Å². The van der Waals surface area contributed by atoms with Crippen molar-refractivity contribution < 1.29 is 4.74 Å². The number of hydrogen-bond acceptors (Lipinski definition) is 3. The maximum atomic E-state index is 6.64. The van der Waals surface area contributed by atoms with E-state index in [4.69, 9.17) is 10.5 Å². The largest absolute Gasteiger partial charge is 0.379 e. The fraction of sp³-hybridized carbons (Fsp3) is 0.667. The number of aryl methyl sites for hydroxylation is 2. The summed E-state index contributed by atoms with van der Waals surface area (Å²) >= 11 is 0. The van der Waals surface area contributed by atoms with Gasteiger partial charge in [0.05, 0.1) is 13.2 Å². The second kappa shape index (κ2) is 6.91. The van der Waals surface area contributed by atoms with Crippen molar-refractivity contribution in [1.29, 1.82) is 0 Å². The van der Waals surface area contributed by atoms with Gasteiger partial charge in [-0.05, 0) is 39.2 Å². The molecule has 1 fully saturated rings. The molecule has 2 atom stereocenters. The second-order valence-corrected chi connectivity index (χ2v) is 6.62. The lowest BCUT2D eigenvalue weighted by Gasteiger charge is -2.46. The summed E-state index contributed by atoms with van der Waals surface area (Å²) in [5.41, 5.74) is 10.7. The van der Waals surface area contributed by atoms with Gasteiger partial charge in [-0.1, -0.05) is 36.2 Å². The van der Waals surface area contributed by atoms with Crippen molar-refractivity contribution in [2.75, 3.05) is 26.3 Å². The van der Waals surface area contributed by atoms with Crippen LogP contribution in [0.3, 0.4) is 0 Å². The Bertz CT molecular complexity index is 448. The van der Waals surface area contributed by atoms with Crippen LogP contribution in [0.15, 0.2) is 18.2 Å². The molecule has 1 aromatic carbocycles. The number of ether oxygens (including phenoxy) is 1. The average molecular weight is 290 g/mol. The number of benzene rings is 1. The van der Waals surface area contributed by atoms with Gasteiger partial charge < -0.3 is 10.5 Å². The first kappa shape index (κ1) is 16.5. The molecule has 2 rings (SSSR count). The molecule has 3 nitrogen and oxygen atoms in total. The lowest BCUT2D eigenvalue weighted by molar-refractivity contribution is -0.0272. The molecular weight excluding hydrogens is 260 g/mol. The van der Waals surface area contributed by atoms with Gasteiger partial charge in [-0.15, -0.1) is 0 Å². The molecular formula is C18H30N2O. The van der Waals surface area contributed by atoms with E-state index in [9.17, 15) is 0 Å². The predicted molar refractivity (Wildman–Crippen MR) is 88.7 cm³/mol. The number of rotatable bonds is 5. The minimum absolute atomic E-state index is 0.0431. The fourth-order valence-corrected chi connectivity index (χ4v) is 3.46. The first-order valence-corrected chi connectivity index (χ1v) is 8.11. The van der Waals surface area contributed by atoms with Crippen molar-refractivity contribution in [2.24, 2.45) is 5.73 Å². The quantitative estimate of drug-likeness (QED) is 0.906. The van der Waals surface area contributed by atoms with Crippen LogP contribution in [0, 0.1) is 13.8 Å². The number of morpholine rings is 1. The highest BCUT2D eigenvalue weighted by Crippen LogP contribution is 2.26. The zero-order valence-electron chi connectivity index (χ0n) is 14.0. The topological polar surface area (TPSA) is 38.5 Å². The van der Waals surface area contributed by atoms with Crippen molar-refractivity contribution in [2.45, 2.75) is 52.1 Å².